The Hall–Kier alpha value is -3.56. The van der Waals surface area contributed by atoms with Crippen LogP contribution < -0.4 is 19.9 Å². The van der Waals surface area contributed by atoms with Gasteiger partial charge in [0.25, 0.3) is 0 Å². The maximum atomic E-state index is 14.4. The highest BCUT2D eigenvalue weighted by molar-refractivity contribution is 5.57. The number of likely N-dealkylation sites (N-methyl/N-ethyl adjacent to an activating group) is 1. The van der Waals surface area contributed by atoms with Crippen LogP contribution in [0.1, 0.15) is 30.1 Å². The minimum absolute atomic E-state index is 0.224. The molecule has 1 fully saturated rings. The Morgan fingerprint density at radius 2 is 1.91 bits per heavy atom. The van der Waals surface area contributed by atoms with Crippen molar-refractivity contribution in [1.82, 2.24) is 19.9 Å². The number of nitrogens with one attached hydrogen (secondary N) is 1. The average Bonchev–Trinajstić information content (AvgIpc) is 2.81. The second-order valence-corrected chi connectivity index (χ2v) is 8.41. The lowest BCUT2D eigenvalue weighted by Gasteiger charge is -2.36. The molecule has 0 spiro atoms. The highest BCUT2D eigenvalue weighted by Gasteiger charge is 2.30. The van der Waals surface area contributed by atoms with E-state index in [1.165, 1.54) is 12.1 Å². The SMILES string of the molecule is Cc1cc(N2CCC(Nc3ncc4c(n3)N(C)C(c3ccc(F)cc3F)CO4)CC2)ncn1. The number of hydrogen-bond donors (Lipinski definition) is 1. The van der Waals surface area contributed by atoms with Crippen LogP contribution >= 0.6 is 0 Å². The number of benzene rings is 1. The lowest BCUT2D eigenvalue weighted by Crippen LogP contribution is -2.40. The van der Waals surface area contributed by atoms with E-state index in [2.05, 4.69) is 30.2 Å². The number of fused-ring (bicyclic) bond motifs is 1. The molecule has 172 valence electrons. The van der Waals surface area contributed by atoms with E-state index in [1.807, 2.05) is 24.9 Å². The molecule has 10 heteroatoms. The van der Waals surface area contributed by atoms with Gasteiger partial charge in [0.1, 0.15) is 30.4 Å². The summed E-state index contributed by atoms with van der Waals surface area (Å²) >= 11 is 0. The summed E-state index contributed by atoms with van der Waals surface area (Å²) in [7, 11) is 1.83. The summed E-state index contributed by atoms with van der Waals surface area (Å²) in [5.74, 6) is 1.35. The number of rotatable bonds is 4. The monoisotopic (exact) mass is 453 g/mol. The highest BCUT2D eigenvalue weighted by Crippen LogP contribution is 2.37. The molecule has 0 radical (unpaired) electrons. The zero-order valence-electron chi connectivity index (χ0n) is 18.5. The van der Waals surface area contributed by atoms with Crippen LogP contribution in [0.2, 0.25) is 0 Å². The van der Waals surface area contributed by atoms with Crippen LogP contribution in [0.3, 0.4) is 0 Å². The molecule has 5 rings (SSSR count). The topological polar surface area (TPSA) is 79.3 Å². The van der Waals surface area contributed by atoms with Gasteiger partial charge in [-0.3, -0.25) is 0 Å². The molecule has 2 aromatic heterocycles. The molecule has 1 N–H and O–H groups in total. The predicted molar refractivity (Wildman–Crippen MR) is 121 cm³/mol. The Balaban J connectivity index is 1.27. The van der Waals surface area contributed by atoms with Crippen LogP contribution in [0.15, 0.2) is 36.8 Å². The van der Waals surface area contributed by atoms with Crippen LogP contribution in [0.4, 0.5) is 26.4 Å². The van der Waals surface area contributed by atoms with E-state index in [-0.39, 0.29) is 12.6 Å². The van der Waals surface area contributed by atoms with E-state index < -0.39 is 17.7 Å². The van der Waals surface area contributed by atoms with Gasteiger partial charge < -0.3 is 19.9 Å². The van der Waals surface area contributed by atoms with Gasteiger partial charge in [-0.1, -0.05) is 6.07 Å². The number of ether oxygens (including phenoxy) is 1. The van der Waals surface area contributed by atoms with Crippen molar-refractivity contribution in [2.45, 2.75) is 31.8 Å². The van der Waals surface area contributed by atoms with Gasteiger partial charge in [-0.2, -0.15) is 4.98 Å². The summed E-state index contributed by atoms with van der Waals surface area (Å²) in [6, 6.07) is 5.40. The van der Waals surface area contributed by atoms with Crippen molar-refractivity contribution in [3.8, 4) is 5.75 Å². The van der Waals surface area contributed by atoms with Crippen LogP contribution in [0.25, 0.3) is 0 Å². The first-order valence-corrected chi connectivity index (χ1v) is 11.0. The normalized spacial score (nSPS) is 18.6. The molecule has 1 saturated heterocycles. The highest BCUT2D eigenvalue weighted by atomic mass is 19.1. The number of aryl methyl sites for hydroxylation is 1. The van der Waals surface area contributed by atoms with E-state index in [1.54, 1.807) is 12.5 Å². The molecule has 0 bridgehead atoms. The van der Waals surface area contributed by atoms with Crippen molar-refractivity contribution in [3.05, 3.63) is 59.7 Å². The lowest BCUT2D eigenvalue weighted by atomic mass is 10.0. The first kappa shape index (κ1) is 21.3. The maximum absolute atomic E-state index is 14.4. The number of hydrogen-bond acceptors (Lipinski definition) is 8. The molecule has 3 aromatic rings. The van der Waals surface area contributed by atoms with Crippen molar-refractivity contribution in [3.63, 3.8) is 0 Å². The summed E-state index contributed by atoms with van der Waals surface area (Å²) < 4.78 is 33.5. The van der Waals surface area contributed by atoms with Crippen molar-refractivity contribution >= 4 is 17.6 Å². The second kappa shape index (κ2) is 8.76. The van der Waals surface area contributed by atoms with Gasteiger partial charge in [0, 0.05) is 49.6 Å². The molecule has 1 atom stereocenters. The van der Waals surface area contributed by atoms with E-state index in [0.29, 0.717) is 23.1 Å². The van der Waals surface area contributed by atoms with E-state index in [0.717, 1.165) is 43.5 Å². The number of nitrogens with zero attached hydrogens (tertiary/aromatic N) is 6. The molecular weight excluding hydrogens is 428 g/mol. The molecule has 0 saturated carbocycles. The number of anilines is 3. The molecule has 0 aliphatic carbocycles. The number of piperidine rings is 1. The first-order chi connectivity index (χ1) is 16.0. The van der Waals surface area contributed by atoms with Gasteiger partial charge in [0.05, 0.1) is 12.2 Å². The predicted octanol–water partition coefficient (Wildman–Crippen LogP) is 3.50. The maximum Gasteiger partial charge on any atom is 0.225 e. The molecule has 33 heavy (non-hydrogen) atoms. The summed E-state index contributed by atoms with van der Waals surface area (Å²) in [5.41, 5.74) is 1.32. The molecule has 8 nitrogen and oxygen atoms in total. The standard InChI is InChI=1S/C23H25F2N7O/c1-14-9-21(28-13-27-14)32-7-5-16(6-8-32)29-23-26-11-20-22(30-23)31(2)19(12-33-20)17-4-3-15(24)10-18(17)25/h3-4,9-11,13,16,19H,5-8,12H2,1-2H3,(H,26,29,30). The second-order valence-electron chi connectivity index (χ2n) is 8.41. The minimum atomic E-state index is -0.606. The van der Waals surface area contributed by atoms with Gasteiger partial charge in [0.15, 0.2) is 11.6 Å². The fourth-order valence-electron chi connectivity index (χ4n) is 4.33. The largest absolute Gasteiger partial charge is 0.486 e. The third kappa shape index (κ3) is 4.37. The summed E-state index contributed by atoms with van der Waals surface area (Å²) in [6.07, 6.45) is 5.06. The van der Waals surface area contributed by atoms with Crippen LogP contribution in [0.5, 0.6) is 5.75 Å². The Morgan fingerprint density at radius 3 is 2.67 bits per heavy atom. The molecular formula is C23H25F2N7O. The average molecular weight is 453 g/mol. The lowest BCUT2D eigenvalue weighted by molar-refractivity contribution is 0.262. The molecule has 4 heterocycles. The Kier molecular flexibility index (Phi) is 5.65. The van der Waals surface area contributed by atoms with Crippen molar-refractivity contribution in [1.29, 1.82) is 0 Å². The van der Waals surface area contributed by atoms with Crippen LogP contribution in [-0.4, -0.2) is 52.7 Å². The van der Waals surface area contributed by atoms with E-state index in [4.69, 9.17) is 4.74 Å². The Morgan fingerprint density at radius 1 is 1.09 bits per heavy atom. The summed E-state index contributed by atoms with van der Waals surface area (Å²) in [6.45, 7) is 3.92. The van der Waals surface area contributed by atoms with E-state index in [9.17, 15) is 8.78 Å². The van der Waals surface area contributed by atoms with Gasteiger partial charge in [-0.15, -0.1) is 0 Å². The Labute approximate surface area is 190 Å². The van der Waals surface area contributed by atoms with Gasteiger partial charge in [0.2, 0.25) is 5.95 Å². The van der Waals surface area contributed by atoms with Crippen molar-refractivity contribution < 1.29 is 13.5 Å². The van der Waals surface area contributed by atoms with E-state index >= 15 is 0 Å². The zero-order chi connectivity index (χ0) is 22.9. The van der Waals surface area contributed by atoms with Crippen LogP contribution in [-0.2, 0) is 0 Å². The fourth-order valence-corrected chi connectivity index (χ4v) is 4.33. The van der Waals surface area contributed by atoms with Crippen molar-refractivity contribution in [2.24, 2.45) is 0 Å². The van der Waals surface area contributed by atoms with Crippen LogP contribution in [0, 0.1) is 18.6 Å². The molecule has 1 aromatic carbocycles. The summed E-state index contributed by atoms with van der Waals surface area (Å²) in [5, 5.41) is 3.42. The van der Waals surface area contributed by atoms with Gasteiger partial charge >= 0.3 is 0 Å². The molecule has 2 aliphatic rings. The fraction of sp³-hybridized carbons (Fsp3) is 0.391. The minimum Gasteiger partial charge on any atom is -0.486 e. The summed E-state index contributed by atoms with van der Waals surface area (Å²) in [4.78, 5) is 21.7. The molecule has 2 aliphatic heterocycles. The quantitative estimate of drug-likeness (QED) is 0.643. The Bertz CT molecular complexity index is 1150. The molecule has 1 unspecified atom stereocenters. The third-order valence-electron chi connectivity index (χ3n) is 6.20. The van der Waals surface area contributed by atoms with Crippen molar-refractivity contribution in [2.75, 3.05) is 41.9 Å². The third-order valence-corrected chi connectivity index (χ3v) is 6.20. The number of halogens is 2. The first-order valence-electron chi connectivity index (χ1n) is 11.0. The number of aromatic nitrogens is 4. The van der Waals surface area contributed by atoms with Gasteiger partial charge in [-0.05, 0) is 25.8 Å². The smallest absolute Gasteiger partial charge is 0.225 e. The van der Waals surface area contributed by atoms with Gasteiger partial charge in [-0.25, -0.2) is 23.7 Å². The zero-order valence-corrected chi connectivity index (χ0v) is 18.5. The molecule has 0 amide bonds.